The molecule has 0 saturated heterocycles. The molecule has 0 amide bonds. The molecular formula is C12H18N4O. The number of nitrogens with one attached hydrogen (secondary N) is 1. The van der Waals surface area contributed by atoms with E-state index in [1.165, 1.54) is 0 Å². The monoisotopic (exact) mass is 234 g/mol. The largest absolute Gasteiger partial charge is 0.381 e. The second-order valence-electron chi connectivity index (χ2n) is 3.89. The van der Waals surface area contributed by atoms with Gasteiger partial charge < -0.3 is 15.0 Å². The van der Waals surface area contributed by atoms with E-state index in [1.54, 1.807) is 12.3 Å². The highest BCUT2D eigenvalue weighted by atomic mass is 16.5. The van der Waals surface area contributed by atoms with Gasteiger partial charge in [0.05, 0.1) is 25.1 Å². The third-order valence-corrected chi connectivity index (χ3v) is 2.14. The lowest BCUT2D eigenvalue weighted by atomic mass is 10.3. The molecular weight excluding hydrogens is 216 g/mol. The second-order valence-corrected chi connectivity index (χ2v) is 3.89. The van der Waals surface area contributed by atoms with Gasteiger partial charge in [-0.25, -0.2) is 4.98 Å². The molecule has 5 heteroatoms. The van der Waals surface area contributed by atoms with Gasteiger partial charge in [-0.05, 0) is 26.2 Å². The number of rotatable bonds is 7. The van der Waals surface area contributed by atoms with Gasteiger partial charge in [-0.15, -0.1) is 0 Å². The molecule has 0 atom stereocenters. The van der Waals surface area contributed by atoms with Crippen LogP contribution in [0.25, 0.3) is 0 Å². The third kappa shape index (κ3) is 5.85. The van der Waals surface area contributed by atoms with Gasteiger partial charge in [0, 0.05) is 13.1 Å². The Morgan fingerprint density at radius 2 is 2.24 bits per heavy atom. The Morgan fingerprint density at radius 3 is 2.82 bits per heavy atom. The Kier molecular flexibility index (Phi) is 6.00. The maximum Gasteiger partial charge on any atom is 0.140 e. The Labute approximate surface area is 102 Å². The van der Waals surface area contributed by atoms with Crippen LogP contribution in [0, 0.1) is 11.3 Å². The van der Waals surface area contributed by atoms with E-state index < -0.39 is 0 Å². The van der Waals surface area contributed by atoms with Crippen molar-refractivity contribution >= 4 is 5.69 Å². The normalized spacial score (nSPS) is 10.2. The number of likely N-dealkylation sites (N-methyl/N-ethyl adjacent to an activating group) is 1. The van der Waals surface area contributed by atoms with E-state index in [-0.39, 0.29) is 0 Å². The molecule has 5 nitrogen and oxygen atoms in total. The van der Waals surface area contributed by atoms with E-state index in [4.69, 9.17) is 10.00 Å². The van der Waals surface area contributed by atoms with Gasteiger partial charge in [-0.3, -0.25) is 0 Å². The maximum absolute atomic E-state index is 8.59. The smallest absolute Gasteiger partial charge is 0.140 e. The molecule has 1 rings (SSSR count). The number of hydrogen-bond acceptors (Lipinski definition) is 5. The number of pyridine rings is 1. The van der Waals surface area contributed by atoms with Crippen molar-refractivity contribution in [3.63, 3.8) is 0 Å². The van der Waals surface area contributed by atoms with E-state index in [2.05, 4.69) is 15.2 Å². The van der Waals surface area contributed by atoms with Crippen LogP contribution in [0.1, 0.15) is 5.69 Å². The molecule has 17 heavy (non-hydrogen) atoms. The Bertz CT molecular complexity index is 356. The highest BCUT2D eigenvalue weighted by Gasteiger charge is 1.94. The summed E-state index contributed by atoms with van der Waals surface area (Å²) in [5.74, 6) is 0. The molecule has 1 heterocycles. The summed E-state index contributed by atoms with van der Waals surface area (Å²) in [6.07, 6.45) is 1.65. The van der Waals surface area contributed by atoms with Crippen molar-refractivity contribution in [1.29, 1.82) is 5.26 Å². The van der Waals surface area contributed by atoms with Crippen LogP contribution in [0.3, 0.4) is 0 Å². The Balaban J connectivity index is 2.12. The SMILES string of the molecule is CN(C)CCOCCNc1ccc(C#N)nc1. The van der Waals surface area contributed by atoms with Gasteiger partial charge in [0.1, 0.15) is 11.8 Å². The molecule has 0 radical (unpaired) electrons. The van der Waals surface area contributed by atoms with Crippen LogP contribution in [-0.4, -0.2) is 50.3 Å². The first-order valence-electron chi connectivity index (χ1n) is 5.55. The molecule has 1 aromatic heterocycles. The van der Waals surface area contributed by atoms with Crippen LogP contribution in [0.4, 0.5) is 5.69 Å². The maximum atomic E-state index is 8.59. The van der Waals surface area contributed by atoms with Crippen molar-refractivity contribution in [2.24, 2.45) is 0 Å². The van der Waals surface area contributed by atoms with Gasteiger partial charge in [0.15, 0.2) is 0 Å². The summed E-state index contributed by atoms with van der Waals surface area (Å²) in [6.45, 7) is 3.06. The quantitative estimate of drug-likeness (QED) is 0.711. The van der Waals surface area contributed by atoms with Gasteiger partial charge in [-0.1, -0.05) is 0 Å². The molecule has 0 aliphatic heterocycles. The fourth-order valence-corrected chi connectivity index (χ4v) is 1.18. The highest BCUT2D eigenvalue weighted by molar-refractivity contribution is 5.42. The molecule has 1 N–H and O–H groups in total. The summed E-state index contributed by atoms with van der Waals surface area (Å²) < 4.78 is 5.43. The third-order valence-electron chi connectivity index (χ3n) is 2.14. The van der Waals surface area contributed by atoms with E-state index in [1.807, 2.05) is 26.2 Å². The molecule has 0 saturated carbocycles. The van der Waals surface area contributed by atoms with Crippen molar-refractivity contribution in [3.8, 4) is 6.07 Å². The second kappa shape index (κ2) is 7.60. The van der Waals surface area contributed by atoms with E-state index in [0.29, 0.717) is 12.3 Å². The van der Waals surface area contributed by atoms with Crippen LogP contribution < -0.4 is 5.32 Å². The van der Waals surface area contributed by atoms with Crippen LogP contribution in [0.5, 0.6) is 0 Å². The Morgan fingerprint density at radius 1 is 1.41 bits per heavy atom. The summed E-state index contributed by atoms with van der Waals surface area (Å²) >= 11 is 0. The van der Waals surface area contributed by atoms with Crippen molar-refractivity contribution in [1.82, 2.24) is 9.88 Å². The summed E-state index contributed by atoms with van der Waals surface area (Å²) in [5, 5.41) is 11.8. The molecule has 92 valence electrons. The lowest BCUT2D eigenvalue weighted by molar-refractivity contribution is 0.126. The molecule has 0 aliphatic carbocycles. The lowest BCUT2D eigenvalue weighted by Gasteiger charge is -2.10. The number of ether oxygens (including phenoxy) is 1. The molecule has 0 unspecified atom stereocenters. The highest BCUT2D eigenvalue weighted by Crippen LogP contribution is 2.04. The molecule has 0 aliphatic rings. The fourth-order valence-electron chi connectivity index (χ4n) is 1.18. The summed E-state index contributed by atoms with van der Waals surface area (Å²) in [5.41, 5.74) is 1.33. The van der Waals surface area contributed by atoms with Crippen LogP contribution in [0.2, 0.25) is 0 Å². The minimum Gasteiger partial charge on any atom is -0.381 e. The number of anilines is 1. The number of hydrogen-bond donors (Lipinski definition) is 1. The predicted octanol–water partition coefficient (Wildman–Crippen LogP) is 0.943. The van der Waals surface area contributed by atoms with Crippen LogP contribution in [0.15, 0.2) is 18.3 Å². The van der Waals surface area contributed by atoms with Crippen molar-refractivity contribution < 1.29 is 4.74 Å². The molecule has 0 spiro atoms. The minimum atomic E-state index is 0.429. The molecule has 0 aromatic carbocycles. The zero-order valence-corrected chi connectivity index (χ0v) is 10.3. The van der Waals surface area contributed by atoms with Crippen molar-refractivity contribution in [2.45, 2.75) is 0 Å². The summed E-state index contributed by atoms with van der Waals surface area (Å²) in [6, 6.07) is 5.51. The van der Waals surface area contributed by atoms with Crippen molar-refractivity contribution in [2.75, 3.05) is 45.7 Å². The molecule has 0 fully saturated rings. The standard InChI is InChI=1S/C12H18N4O/c1-16(2)6-8-17-7-5-14-12-4-3-11(9-13)15-10-12/h3-4,10,14H,5-8H2,1-2H3. The lowest BCUT2D eigenvalue weighted by Crippen LogP contribution is -2.20. The first-order chi connectivity index (χ1) is 8.22. The number of aromatic nitrogens is 1. The van der Waals surface area contributed by atoms with E-state index in [9.17, 15) is 0 Å². The summed E-state index contributed by atoms with van der Waals surface area (Å²) in [7, 11) is 4.04. The average molecular weight is 234 g/mol. The fraction of sp³-hybridized carbons (Fsp3) is 0.500. The first-order valence-corrected chi connectivity index (χ1v) is 5.55. The minimum absolute atomic E-state index is 0.429. The average Bonchev–Trinajstić information content (AvgIpc) is 2.34. The topological polar surface area (TPSA) is 61.2 Å². The zero-order chi connectivity index (χ0) is 12.5. The van der Waals surface area contributed by atoms with Gasteiger partial charge in [-0.2, -0.15) is 5.26 Å². The first kappa shape index (κ1) is 13.4. The molecule has 0 bridgehead atoms. The molecule has 1 aromatic rings. The number of nitriles is 1. The Hall–Kier alpha value is -1.64. The van der Waals surface area contributed by atoms with E-state index in [0.717, 1.165) is 25.4 Å². The van der Waals surface area contributed by atoms with Crippen molar-refractivity contribution in [3.05, 3.63) is 24.0 Å². The van der Waals surface area contributed by atoms with Gasteiger partial charge in [0.2, 0.25) is 0 Å². The number of nitrogens with zero attached hydrogens (tertiary/aromatic N) is 3. The van der Waals surface area contributed by atoms with Gasteiger partial charge >= 0.3 is 0 Å². The zero-order valence-electron chi connectivity index (χ0n) is 10.3. The van der Waals surface area contributed by atoms with Crippen LogP contribution >= 0.6 is 0 Å². The predicted molar refractivity (Wildman–Crippen MR) is 66.8 cm³/mol. The van der Waals surface area contributed by atoms with E-state index >= 15 is 0 Å². The van der Waals surface area contributed by atoms with Gasteiger partial charge in [0.25, 0.3) is 0 Å². The summed E-state index contributed by atoms with van der Waals surface area (Å²) in [4.78, 5) is 6.05. The van der Waals surface area contributed by atoms with Crippen LogP contribution in [-0.2, 0) is 4.74 Å².